The molecule has 0 bridgehead atoms. The monoisotopic (exact) mass is 197 g/mol. The quantitative estimate of drug-likeness (QED) is 0.801. The van der Waals surface area contributed by atoms with Gasteiger partial charge in [0, 0.05) is 13.7 Å². The number of hydrogen-bond acceptors (Lipinski definition) is 2. The van der Waals surface area contributed by atoms with Crippen LogP contribution in [0.1, 0.15) is 12.5 Å². The highest BCUT2D eigenvalue weighted by molar-refractivity contribution is 5.47. The van der Waals surface area contributed by atoms with Crippen molar-refractivity contribution in [1.82, 2.24) is 0 Å². The van der Waals surface area contributed by atoms with Crippen molar-refractivity contribution in [1.29, 1.82) is 0 Å². The molecule has 0 aromatic heterocycles. The van der Waals surface area contributed by atoms with E-state index >= 15 is 0 Å². The third-order valence-corrected chi connectivity index (χ3v) is 2.17. The Kier molecular flexibility index (Phi) is 3.89. The van der Waals surface area contributed by atoms with Gasteiger partial charge in [-0.05, 0) is 25.5 Å². The Bertz CT molecular complexity index is 301. The first-order valence-corrected chi connectivity index (χ1v) is 4.67. The van der Waals surface area contributed by atoms with Gasteiger partial charge in [0.05, 0.1) is 11.8 Å². The summed E-state index contributed by atoms with van der Waals surface area (Å²) in [5, 5.41) is 3.00. The summed E-state index contributed by atoms with van der Waals surface area (Å²) in [5.74, 6) is -0.184. The number of anilines is 1. The van der Waals surface area contributed by atoms with E-state index in [-0.39, 0.29) is 11.9 Å². The Morgan fingerprint density at radius 2 is 2.21 bits per heavy atom. The van der Waals surface area contributed by atoms with Crippen molar-refractivity contribution in [3.05, 3.63) is 29.6 Å². The van der Waals surface area contributed by atoms with Crippen LogP contribution in [0.5, 0.6) is 0 Å². The van der Waals surface area contributed by atoms with Crippen molar-refractivity contribution in [3.63, 3.8) is 0 Å². The van der Waals surface area contributed by atoms with Gasteiger partial charge in [0.2, 0.25) is 0 Å². The first kappa shape index (κ1) is 11.0. The number of hydrogen-bond donors (Lipinski definition) is 1. The second-order valence-electron chi connectivity index (χ2n) is 3.36. The first-order valence-electron chi connectivity index (χ1n) is 4.67. The maximum absolute atomic E-state index is 13.5. The zero-order chi connectivity index (χ0) is 10.6. The highest BCUT2D eigenvalue weighted by atomic mass is 19.1. The summed E-state index contributed by atoms with van der Waals surface area (Å²) in [6.45, 7) is 4.29. The van der Waals surface area contributed by atoms with E-state index in [0.29, 0.717) is 17.8 Å². The van der Waals surface area contributed by atoms with Crippen molar-refractivity contribution in [2.45, 2.75) is 20.0 Å². The van der Waals surface area contributed by atoms with E-state index in [0.717, 1.165) is 0 Å². The van der Waals surface area contributed by atoms with E-state index < -0.39 is 0 Å². The molecule has 0 saturated heterocycles. The number of ether oxygens (including phenoxy) is 1. The minimum absolute atomic E-state index is 0.0786. The molecule has 0 saturated carbocycles. The maximum atomic E-state index is 13.5. The molecule has 0 heterocycles. The molecule has 0 amide bonds. The summed E-state index contributed by atoms with van der Waals surface area (Å²) < 4.78 is 18.5. The van der Waals surface area contributed by atoms with Crippen LogP contribution < -0.4 is 5.32 Å². The van der Waals surface area contributed by atoms with Gasteiger partial charge in [0.15, 0.2) is 0 Å². The second-order valence-corrected chi connectivity index (χ2v) is 3.36. The molecule has 3 heteroatoms. The number of nitrogens with one attached hydrogen (secondary N) is 1. The third kappa shape index (κ3) is 2.70. The number of rotatable bonds is 4. The zero-order valence-corrected chi connectivity index (χ0v) is 8.80. The molecule has 2 nitrogen and oxygen atoms in total. The van der Waals surface area contributed by atoms with Crippen LogP contribution in [0.2, 0.25) is 0 Å². The number of halogens is 1. The molecule has 0 aliphatic heterocycles. The minimum atomic E-state index is -0.184. The van der Waals surface area contributed by atoms with Crippen LogP contribution in [0, 0.1) is 12.7 Å². The van der Waals surface area contributed by atoms with Crippen LogP contribution in [0.25, 0.3) is 0 Å². The first-order chi connectivity index (χ1) is 6.65. The van der Waals surface area contributed by atoms with Crippen LogP contribution in [-0.2, 0) is 4.74 Å². The highest BCUT2D eigenvalue weighted by Crippen LogP contribution is 2.16. The van der Waals surface area contributed by atoms with E-state index in [4.69, 9.17) is 4.74 Å². The topological polar surface area (TPSA) is 21.3 Å². The smallest absolute Gasteiger partial charge is 0.149 e. The molecule has 0 radical (unpaired) electrons. The molecule has 0 aliphatic rings. The molecule has 1 unspecified atom stereocenters. The lowest BCUT2D eigenvalue weighted by Crippen LogP contribution is -2.18. The summed E-state index contributed by atoms with van der Waals surface area (Å²) in [6, 6.07) is 5.31. The molecule has 0 spiro atoms. The van der Waals surface area contributed by atoms with Crippen molar-refractivity contribution in [2.75, 3.05) is 19.0 Å². The fourth-order valence-corrected chi connectivity index (χ4v) is 1.12. The van der Waals surface area contributed by atoms with Gasteiger partial charge in [-0.25, -0.2) is 4.39 Å². The van der Waals surface area contributed by atoms with E-state index in [9.17, 15) is 4.39 Å². The zero-order valence-electron chi connectivity index (χ0n) is 8.80. The normalized spacial score (nSPS) is 12.6. The average Bonchev–Trinajstić information content (AvgIpc) is 2.20. The largest absolute Gasteiger partial charge is 0.380 e. The lowest BCUT2D eigenvalue weighted by Gasteiger charge is -2.13. The SMILES string of the molecule is COC(C)CNc1cccc(C)c1F. The van der Waals surface area contributed by atoms with Crippen molar-refractivity contribution >= 4 is 5.69 Å². The number of methoxy groups -OCH3 is 1. The lowest BCUT2D eigenvalue weighted by atomic mass is 10.2. The Morgan fingerprint density at radius 1 is 1.50 bits per heavy atom. The highest BCUT2D eigenvalue weighted by Gasteiger charge is 2.05. The van der Waals surface area contributed by atoms with Gasteiger partial charge in [0.1, 0.15) is 5.82 Å². The molecule has 1 rings (SSSR count). The number of benzene rings is 1. The lowest BCUT2D eigenvalue weighted by molar-refractivity contribution is 0.128. The Balaban J connectivity index is 2.63. The predicted molar refractivity (Wildman–Crippen MR) is 56.1 cm³/mol. The average molecular weight is 197 g/mol. The number of aryl methyl sites for hydroxylation is 1. The molecular formula is C11H16FNO. The van der Waals surface area contributed by atoms with Crippen LogP contribution >= 0.6 is 0 Å². The standard InChI is InChI=1S/C11H16FNO/c1-8-5-4-6-10(11(8)12)13-7-9(2)14-3/h4-6,9,13H,7H2,1-3H3. The van der Waals surface area contributed by atoms with Crippen LogP contribution in [0.4, 0.5) is 10.1 Å². The maximum Gasteiger partial charge on any atom is 0.149 e. The molecule has 1 aromatic carbocycles. The second kappa shape index (κ2) is 4.96. The molecule has 1 atom stereocenters. The van der Waals surface area contributed by atoms with Gasteiger partial charge in [0.25, 0.3) is 0 Å². The molecular weight excluding hydrogens is 181 g/mol. The van der Waals surface area contributed by atoms with Gasteiger partial charge in [-0.3, -0.25) is 0 Å². The van der Waals surface area contributed by atoms with Crippen molar-refractivity contribution in [2.24, 2.45) is 0 Å². The van der Waals surface area contributed by atoms with Crippen molar-refractivity contribution in [3.8, 4) is 0 Å². The predicted octanol–water partition coefficient (Wildman–Crippen LogP) is 2.58. The van der Waals surface area contributed by atoms with E-state index in [1.165, 1.54) is 0 Å². The third-order valence-electron chi connectivity index (χ3n) is 2.17. The Morgan fingerprint density at radius 3 is 2.86 bits per heavy atom. The molecule has 14 heavy (non-hydrogen) atoms. The summed E-state index contributed by atoms with van der Waals surface area (Å²) in [7, 11) is 1.64. The van der Waals surface area contributed by atoms with E-state index in [2.05, 4.69) is 5.32 Å². The van der Waals surface area contributed by atoms with Gasteiger partial charge >= 0.3 is 0 Å². The van der Waals surface area contributed by atoms with Crippen LogP contribution in [0.15, 0.2) is 18.2 Å². The molecule has 0 aliphatic carbocycles. The van der Waals surface area contributed by atoms with Gasteiger partial charge < -0.3 is 10.1 Å². The summed E-state index contributed by atoms with van der Waals surface area (Å²) in [4.78, 5) is 0. The Labute approximate surface area is 84.1 Å². The summed E-state index contributed by atoms with van der Waals surface area (Å²) in [6.07, 6.45) is 0.0786. The van der Waals surface area contributed by atoms with Gasteiger partial charge in [-0.2, -0.15) is 0 Å². The molecule has 1 N–H and O–H groups in total. The van der Waals surface area contributed by atoms with Crippen LogP contribution in [-0.4, -0.2) is 19.8 Å². The summed E-state index contributed by atoms with van der Waals surface area (Å²) >= 11 is 0. The minimum Gasteiger partial charge on any atom is -0.380 e. The molecule has 0 fully saturated rings. The fraction of sp³-hybridized carbons (Fsp3) is 0.455. The fourth-order valence-electron chi connectivity index (χ4n) is 1.12. The Hall–Kier alpha value is -1.09. The van der Waals surface area contributed by atoms with E-state index in [1.54, 1.807) is 26.2 Å². The molecule has 78 valence electrons. The van der Waals surface area contributed by atoms with E-state index in [1.807, 2.05) is 13.0 Å². The van der Waals surface area contributed by atoms with Gasteiger partial charge in [-0.1, -0.05) is 12.1 Å². The van der Waals surface area contributed by atoms with Crippen LogP contribution in [0.3, 0.4) is 0 Å². The summed E-state index contributed by atoms with van der Waals surface area (Å²) in [5.41, 5.74) is 1.19. The molecule has 1 aromatic rings. The van der Waals surface area contributed by atoms with Gasteiger partial charge in [-0.15, -0.1) is 0 Å². The van der Waals surface area contributed by atoms with Crippen molar-refractivity contribution < 1.29 is 9.13 Å².